The Balaban J connectivity index is 1.53. The summed E-state index contributed by atoms with van der Waals surface area (Å²) in [5, 5.41) is 5.05. The van der Waals surface area contributed by atoms with Gasteiger partial charge in [-0.05, 0) is 54.4 Å². The highest BCUT2D eigenvalue weighted by molar-refractivity contribution is 6.00. The summed E-state index contributed by atoms with van der Waals surface area (Å²) in [5.74, 6) is 1.98. The lowest BCUT2D eigenvalue weighted by atomic mass is 9.98. The summed E-state index contributed by atoms with van der Waals surface area (Å²) in [7, 11) is 1.93. The van der Waals surface area contributed by atoms with Crippen molar-refractivity contribution in [1.82, 2.24) is 10.2 Å². The second kappa shape index (κ2) is 7.98. The van der Waals surface area contributed by atoms with E-state index in [1.54, 1.807) is 24.3 Å². The van der Waals surface area contributed by atoms with E-state index in [1.165, 1.54) is 0 Å². The number of nitrogens with one attached hydrogen (secondary N) is 1. The van der Waals surface area contributed by atoms with Crippen LogP contribution in [0.5, 0.6) is 11.5 Å². The third kappa shape index (κ3) is 3.71. The first-order valence-electron chi connectivity index (χ1n) is 9.47. The first kappa shape index (κ1) is 18.4. The molecular weight excluding hydrogens is 355 g/mol. The molecule has 1 heterocycles. The molecule has 0 aliphatic carbocycles. The van der Waals surface area contributed by atoms with Gasteiger partial charge in [0.2, 0.25) is 0 Å². The molecule has 5 heteroatoms. The second-order valence-corrected chi connectivity index (χ2v) is 7.21. The van der Waals surface area contributed by atoms with Crippen molar-refractivity contribution in [2.24, 2.45) is 5.92 Å². The van der Waals surface area contributed by atoms with Gasteiger partial charge in [0, 0.05) is 36.5 Å². The van der Waals surface area contributed by atoms with Crippen LogP contribution in [0.1, 0.15) is 15.9 Å². The number of nitrogens with zero attached hydrogens (tertiary/aromatic N) is 1. The molecule has 4 nitrogen and oxygen atoms in total. The fourth-order valence-electron chi connectivity index (χ4n) is 3.59. The monoisotopic (exact) mass is 378 g/mol. The molecule has 0 bridgehead atoms. The van der Waals surface area contributed by atoms with E-state index in [0.717, 1.165) is 30.4 Å². The molecule has 1 amide bonds. The number of hydrogen-bond acceptors (Lipinski definition) is 3. The number of alkyl halides is 1. The summed E-state index contributed by atoms with van der Waals surface area (Å²) in [5.41, 5.74) is 1.32. The van der Waals surface area contributed by atoms with Gasteiger partial charge in [-0.3, -0.25) is 4.79 Å². The zero-order chi connectivity index (χ0) is 19.5. The third-order valence-corrected chi connectivity index (χ3v) is 5.13. The van der Waals surface area contributed by atoms with Crippen LogP contribution in [-0.2, 0) is 6.67 Å². The van der Waals surface area contributed by atoms with Crippen molar-refractivity contribution in [1.29, 1.82) is 0 Å². The van der Waals surface area contributed by atoms with Crippen LogP contribution < -0.4 is 10.1 Å². The summed E-state index contributed by atoms with van der Waals surface area (Å²) in [6, 6.07) is 18.4. The van der Waals surface area contributed by atoms with Gasteiger partial charge in [-0.25, -0.2) is 4.39 Å². The molecule has 0 unspecified atom stereocenters. The molecule has 0 spiro atoms. The summed E-state index contributed by atoms with van der Waals surface area (Å²) in [6.45, 7) is 2.05. The zero-order valence-electron chi connectivity index (χ0n) is 15.8. The van der Waals surface area contributed by atoms with E-state index in [1.807, 2.05) is 48.3 Å². The Kier molecular flexibility index (Phi) is 5.26. The molecule has 4 rings (SSSR count). The molecule has 1 fully saturated rings. The lowest BCUT2D eigenvalue weighted by Gasteiger charge is -2.39. The zero-order valence-corrected chi connectivity index (χ0v) is 15.8. The van der Waals surface area contributed by atoms with Crippen LogP contribution in [0, 0.1) is 5.92 Å². The first-order chi connectivity index (χ1) is 13.7. The van der Waals surface area contributed by atoms with Crippen molar-refractivity contribution in [2.75, 3.05) is 26.7 Å². The van der Waals surface area contributed by atoms with Gasteiger partial charge < -0.3 is 15.0 Å². The van der Waals surface area contributed by atoms with Crippen LogP contribution in [0.15, 0.2) is 60.7 Å². The van der Waals surface area contributed by atoms with Gasteiger partial charge in [-0.1, -0.05) is 24.3 Å². The topological polar surface area (TPSA) is 41.6 Å². The van der Waals surface area contributed by atoms with E-state index in [9.17, 15) is 9.18 Å². The van der Waals surface area contributed by atoms with Crippen molar-refractivity contribution in [3.05, 3.63) is 71.8 Å². The van der Waals surface area contributed by atoms with Crippen molar-refractivity contribution >= 4 is 16.7 Å². The van der Waals surface area contributed by atoms with Crippen molar-refractivity contribution in [3.8, 4) is 11.5 Å². The Bertz CT molecular complexity index is 982. The Morgan fingerprint density at radius 3 is 2.64 bits per heavy atom. The van der Waals surface area contributed by atoms with Gasteiger partial charge in [-0.15, -0.1) is 0 Å². The maximum atomic E-state index is 12.7. The molecule has 3 aromatic rings. The lowest BCUT2D eigenvalue weighted by molar-refractivity contribution is 0.0504. The maximum Gasteiger partial charge on any atom is 0.253 e. The van der Waals surface area contributed by atoms with E-state index >= 15 is 0 Å². The minimum atomic E-state index is -0.488. The Morgan fingerprint density at radius 1 is 1.14 bits per heavy atom. The number of carbonyl (C=O) groups excluding carboxylic acids is 1. The Hall–Kier alpha value is -2.92. The summed E-state index contributed by atoms with van der Waals surface area (Å²) in [6.07, 6.45) is 0. The number of hydrogen-bond donors (Lipinski definition) is 1. The lowest BCUT2D eigenvalue weighted by Crippen LogP contribution is -2.52. The molecule has 0 radical (unpaired) electrons. The van der Waals surface area contributed by atoms with Crippen LogP contribution in [-0.4, -0.2) is 37.5 Å². The molecule has 3 aromatic carbocycles. The summed E-state index contributed by atoms with van der Waals surface area (Å²) >= 11 is 0. The first-order valence-corrected chi connectivity index (χ1v) is 9.47. The Labute approximate surface area is 163 Å². The van der Waals surface area contributed by atoms with Crippen molar-refractivity contribution < 1.29 is 13.9 Å². The van der Waals surface area contributed by atoms with E-state index in [4.69, 9.17) is 4.74 Å². The van der Waals surface area contributed by atoms with E-state index < -0.39 is 6.67 Å². The maximum absolute atomic E-state index is 12.7. The van der Waals surface area contributed by atoms with Crippen LogP contribution in [0.25, 0.3) is 10.8 Å². The minimum absolute atomic E-state index is 0.0717. The van der Waals surface area contributed by atoms with Crippen LogP contribution in [0.3, 0.4) is 0 Å². The number of rotatable bonds is 6. The average Bonchev–Trinajstić information content (AvgIpc) is 2.70. The molecule has 1 N–H and O–H groups in total. The van der Waals surface area contributed by atoms with E-state index in [2.05, 4.69) is 5.32 Å². The molecular formula is C23H23FN2O2. The number of likely N-dealkylation sites (tertiary alicyclic amines) is 1. The molecule has 0 atom stereocenters. The normalized spacial score (nSPS) is 14.1. The number of benzene rings is 3. The van der Waals surface area contributed by atoms with Gasteiger partial charge in [0.15, 0.2) is 0 Å². The molecule has 1 aliphatic rings. The number of carbonyl (C=O) groups is 1. The fraction of sp³-hybridized carbons (Fsp3) is 0.261. The predicted octanol–water partition coefficient (Wildman–Crippen LogP) is 4.39. The third-order valence-electron chi connectivity index (χ3n) is 5.13. The number of ether oxygens (including phenoxy) is 1. The van der Waals surface area contributed by atoms with Crippen molar-refractivity contribution in [2.45, 2.75) is 6.67 Å². The largest absolute Gasteiger partial charge is 0.457 e. The van der Waals surface area contributed by atoms with Crippen LogP contribution >= 0.6 is 0 Å². The average molecular weight is 378 g/mol. The summed E-state index contributed by atoms with van der Waals surface area (Å²) in [4.78, 5) is 14.6. The molecule has 1 aliphatic heterocycles. The fourth-order valence-corrected chi connectivity index (χ4v) is 3.59. The second-order valence-electron chi connectivity index (χ2n) is 7.21. The SMILES string of the molecule is CNCC1CN(C(=O)c2ccc3c(Oc4ccc(CF)cc4)cccc3c2)C1. The highest BCUT2D eigenvalue weighted by atomic mass is 19.1. The van der Waals surface area contributed by atoms with Crippen LogP contribution in [0.4, 0.5) is 4.39 Å². The van der Waals surface area contributed by atoms with Gasteiger partial charge in [0.1, 0.15) is 18.2 Å². The van der Waals surface area contributed by atoms with E-state index in [-0.39, 0.29) is 5.91 Å². The van der Waals surface area contributed by atoms with Gasteiger partial charge >= 0.3 is 0 Å². The molecule has 1 saturated heterocycles. The molecule has 0 aromatic heterocycles. The van der Waals surface area contributed by atoms with Crippen LogP contribution in [0.2, 0.25) is 0 Å². The van der Waals surface area contributed by atoms with Crippen molar-refractivity contribution in [3.63, 3.8) is 0 Å². The number of fused-ring (bicyclic) bond motifs is 1. The standard InChI is InChI=1S/C23H23FN2O2/c1-25-13-17-14-26(15-17)23(27)19-7-10-21-18(11-19)3-2-4-22(21)28-20-8-5-16(12-24)6-9-20/h2-11,17,25H,12-15H2,1H3. The highest BCUT2D eigenvalue weighted by Gasteiger charge is 2.30. The number of amides is 1. The number of halogens is 1. The molecule has 144 valence electrons. The summed E-state index contributed by atoms with van der Waals surface area (Å²) < 4.78 is 18.7. The Morgan fingerprint density at radius 2 is 1.93 bits per heavy atom. The smallest absolute Gasteiger partial charge is 0.253 e. The molecule has 28 heavy (non-hydrogen) atoms. The van der Waals surface area contributed by atoms with Gasteiger partial charge in [-0.2, -0.15) is 0 Å². The minimum Gasteiger partial charge on any atom is -0.457 e. The van der Waals surface area contributed by atoms with Gasteiger partial charge in [0.05, 0.1) is 0 Å². The quantitative estimate of drug-likeness (QED) is 0.692. The highest BCUT2D eigenvalue weighted by Crippen LogP contribution is 2.31. The van der Waals surface area contributed by atoms with E-state index in [0.29, 0.717) is 28.5 Å². The van der Waals surface area contributed by atoms with Gasteiger partial charge in [0.25, 0.3) is 5.91 Å². The molecule has 0 saturated carbocycles. The predicted molar refractivity (Wildman–Crippen MR) is 109 cm³/mol.